The van der Waals surface area contributed by atoms with Gasteiger partial charge in [0.15, 0.2) is 0 Å². The molecule has 3 rings (SSSR count). The molecular weight excluding hydrogens is 272 g/mol. The second-order valence-corrected chi connectivity index (χ2v) is 8.24. The van der Waals surface area contributed by atoms with Gasteiger partial charge >= 0.3 is 0 Å². The lowest BCUT2D eigenvalue weighted by molar-refractivity contribution is 0.0291. The summed E-state index contributed by atoms with van der Waals surface area (Å²) in [5.41, 5.74) is 0. The lowest BCUT2D eigenvalue weighted by Crippen LogP contribution is -2.54. The SMILES string of the molecule is CC(O)C1CC(NCC2CCCCC2)CN(C2CCCC2)C1. The number of nitrogens with zero attached hydrogens (tertiary/aromatic N) is 1. The van der Waals surface area contributed by atoms with Crippen LogP contribution in [0.2, 0.25) is 0 Å². The average molecular weight is 309 g/mol. The zero-order valence-electron chi connectivity index (χ0n) is 14.5. The molecule has 2 aliphatic carbocycles. The van der Waals surface area contributed by atoms with E-state index >= 15 is 0 Å². The highest BCUT2D eigenvalue weighted by atomic mass is 16.3. The Morgan fingerprint density at radius 2 is 1.68 bits per heavy atom. The van der Waals surface area contributed by atoms with Crippen molar-refractivity contribution >= 4 is 0 Å². The minimum absolute atomic E-state index is 0.164. The second kappa shape index (κ2) is 8.12. The van der Waals surface area contributed by atoms with Gasteiger partial charge in [0.05, 0.1) is 6.10 Å². The third kappa shape index (κ3) is 4.46. The average Bonchev–Trinajstić information content (AvgIpc) is 3.08. The monoisotopic (exact) mass is 308 g/mol. The Hall–Kier alpha value is -0.120. The highest BCUT2D eigenvalue weighted by molar-refractivity contribution is 4.90. The number of nitrogens with one attached hydrogen (secondary N) is 1. The van der Waals surface area contributed by atoms with Crippen molar-refractivity contribution < 1.29 is 5.11 Å². The van der Waals surface area contributed by atoms with Crippen LogP contribution in [0, 0.1) is 11.8 Å². The molecule has 3 aliphatic rings. The van der Waals surface area contributed by atoms with Crippen LogP contribution in [0.15, 0.2) is 0 Å². The number of piperidine rings is 1. The third-order valence-corrected chi connectivity index (χ3v) is 6.45. The summed E-state index contributed by atoms with van der Waals surface area (Å²) in [6.45, 7) is 5.52. The fraction of sp³-hybridized carbons (Fsp3) is 1.00. The molecule has 22 heavy (non-hydrogen) atoms. The van der Waals surface area contributed by atoms with E-state index in [1.807, 2.05) is 6.92 Å². The molecule has 2 N–H and O–H groups in total. The van der Waals surface area contributed by atoms with Gasteiger partial charge in [0.1, 0.15) is 0 Å². The molecule has 0 bridgehead atoms. The summed E-state index contributed by atoms with van der Waals surface area (Å²) in [6.07, 6.45) is 13.7. The first-order valence-corrected chi connectivity index (χ1v) is 9.88. The number of hydrogen-bond donors (Lipinski definition) is 2. The van der Waals surface area contributed by atoms with Gasteiger partial charge < -0.3 is 10.4 Å². The maximum atomic E-state index is 10.1. The van der Waals surface area contributed by atoms with Crippen LogP contribution in [-0.2, 0) is 0 Å². The van der Waals surface area contributed by atoms with E-state index in [4.69, 9.17) is 0 Å². The van der Waals surface area contributed by atoms with E-state index in [-0.39, 0.29) is 6.10 Å². The van der Waals surface area contributed by atoms with Gasteiger partial charge in [0.25, 0.3) is 0 Å². The van der Waals surface area contributed by atoms with Crippen LogP contribution in [0.3, 0.4) is 0 Å². The van der Waals surface area contributed by atoms with Crippen LogP contribution in [0.1, 0.15) is 71.1 Å². The molecule has 1 heterocycles. The van der Waals surface area contributed by atoms with E-state index < -0.39 is 0 Å². The molecule has 1 saturated heterocycles. The van der Waals surface area contributed by atoms with Crippen molar-refractivity contribution in [1.82, 2.24) is 10.2 Å². The number of likely N-dealkylation sites (tertiary alicyclic amines) is 1. The molecule has 0 aromatic rings. The smallest absolute Gasteiger partial charge is 0.0553 e. The number of rotatable bonds is 5. The first-order chi connectivity index (χ1) is 10.7. The minimum atomic E-state index is -0.164. The number of hydrogen-bond acceptors (Lipinski definition) is 3. The summed E-state index contributed by atoms with van der Waals surface area (Å²) in [5.74, 6) is 1.36. The largest absolute Gasteiger partial charge is 0.393 e. The Morgan fingerprint density at radius 1 is 1.00 bits per heavy atom. The Labute approximate surface area is 136 Å². The van der Waals surface area contributed by atoms with E-state index in [2.05, 4.69) is 10.2 Å². The molecule has 128 valence electrons. The van der Waals surface area contributed by atoms with Gasteiger partial charge in [-0.3, -0.25) is 4.90 Å². The number of aliphatic hydroxyl groups excluding tert-OH is 1. The van der Waals surface area contributed by atoms with Crippen molar-refractivity contribution in [2.75, 3.05) is 19.6 Å². The van der Waals surface area contributed by atoms with Crippen LogP contribution in [0.25, 0.3) is 0 Å². The Bertz CT molecular complexity index is 321. The van der Waals surface area contributed by atoms with Crippen molar-refractivity contribution in [3.8, 4) is 0 Å². The van der Waals surface area contributed by atoms with Gasteiger partial charge in [-0.05, 0) is 57.4 Å². The fourth-order valence-electron chi connectivity index (χ4n) is 4.96. The number of aliphatic hydroxyl groups is 1. The summed E-state index contributed by atoms with van der Waals surface area (Å²) in [4.78, 5) is 2.70. The van der Waals surface area contributed by atoms with E-state index in [0.29, 0.717) is 12.0 Å². The summed E-state index contributed by atoms with van der Waals surface area (Å²) < 4.78 is 0. The van der Waals surface area contributed by atoms with Crippen molar-refractivity contribution in [2.45, 2.75) is 89.3 Å². The van der Waals surface area contributed by atoms with E-state index in [9.17, 15) is 5.11 Å². The molecule has 0 aromatic carbocycles. The third-order valence-electron chi connectivity index (χ3n) is 6.45. The van der Waals surface area contributed by atoms with Crippen LogP contribution in [0.5, 0.6) is 0 Å². The Balaban J connectivity index is 1.52. The maximum absolute atomic E-state index is 10.1. The van der Waals surface area contributed by atoms with Crippen molar-refractivity contribution in [3.63, 3.8) is 0 Å². The minimum Gasteiger partial charge on any atom is -0.393 e. The Kier molecular flexibility index (Phi) is 6.17. The molecule has 2 saturated carbocycles. The summed E-state index contributed by atoms with van der Waals surface area (Å²) in [5, 5.41) is 14.0. The lowest BCUT2D eigenvalue weighted by atomic mass is 9.87. The normalized spacial score (nSPS) is 34.1. The molecule has 3 fully saturated rings. The Morgan fingerprint density at radius 3 is 2.36 bits per heavy atom. The fourth-order valence-corrected chi connectivity index (χ4v) is 4.96. The van der Waals surface area contributed by atoms with Gasteiger partial charge in [-0.1, -0.05) is 32.1 Å². The zero-order chi connectivity index (χ0) is 15.4. The van der Waals surface area contributed by atoms with Gasteiger partial charge in [-0.25, -0.2) is 0 Å². The van der Waals surface area contributed by atoms with E-state index in [1.54, 1.807) is 0 Å². The van der Waals surface area contributed by atoms with Crippen LogP contribution in [-0.4, -0.2) is 47.8 Å². The molecule has 3 atom stereocenters. The molecule has 3 nitrogen and oxygen atoms in total. The molecule has 3 heteroatoms. The summed E-state index contributed by atoms with van der Waals surface area (Å²) >= 11 is 0. The highest BCUT2D eigenvalue weighted by Crippen LogP contribution is 2.30. The van der Waals surface area contributed by atoms with E-state index in [0.717, 1.165) is 24.9 Å². The topological polar surface area (TPSA) is 35.5 Å². The second-order valence-electron chi connectivity index (χ2n) is 8.24. The van der Waals surface area contributed by atoms with Gasteiger partial charge in [0.2, 0.25) is 0 Å². The highest BCUT2D eigenvalue weighted by Gasteiger charge is 2.34. The predicted molar refractivity (Wildman–Crippen MR) is 92.0 cm³/mol. The lowest BCUT2D eigenvalue weighted by Gasteiger charge is -2.42. The van der Waals surface area contributed by atoms with Gasteiger partial charge in [0, 0.05) is 25.2 Å². The molecule has 0 amide bonds. The van der Waals surface area contributed by atoms with Crippen molar-refractivity contribution in [2.24, 2.45) is 11.8 Å². The van der Waals surface area contributed by atoms with Crippen LogP contribution < -0.4 is 5.32 Å². The van der Waals surface area contributed by atoms with Crippen LogP contribution in [0.4, 0.5) is 0 Å². The van der Waals surface area contributed by atoms with Crippen molar-refractivity contribution in [1.29, 1.82) is 0 Å². The van der Waals surface area contributed by atoms with E-state index in [1.165, 1.54) is 70.9 Å². The molecule has 0 radical (unpaired) electrons. The molecule has 0 spiro atoms. The van der Waals surface area contributed by atoms with Crippen LogP contribution >= 0.6 is 0 Å². The first-order valence-electron chi connectivity index (χ1n) is 9.88. The molecular formula is C19H36N2O. The van der Waals surface area contributed by atoms with Gasteiger partial charge in [-0.2, -0.15) is 0 Å². The van der Waals surface area contributed by atoms with Crippen molar-refractivity contribution in [3.05, 3.63) is 0 Å². The van der Waals surface area contributed by atoms with Gasteiger partial charge in [-0.15, -0.1) is 0 Å². The first kappa shape index (κ1) is 16.7. The quantitative estimate of drug-likeness (QED) is 0.819. The molecule has 1 aliphatic heterocycles. The zero-order valence-corrected chi connectivity index (χ0v) is 14.5. The standard InChI is InChI=1S/C19H36N2O/c1-15(22)17-11-18(20-12-16-7-3-2-4-8-16)14-21(13-17)19-9-5-6-10-19/h15-20,22H,2-14H2,1H3. The maximum Gasteiger partial charge on any atom is 0.0553 e. The summed E-state index contributed by atoms with van der Waals surface area (Å²) in [6, 6.07) is 1.39. The molecule has 0 aromatic heterocycles. The summed E-state index contributed by atoms with van der Waals surface area (Å²) in [7, 11) is 0. The molecule has 3 unspecified atom stereocenters. The predicted octanol–water partition coefficient (Wildman–Crippen LogP) is 3.17.